The van der Waals surface area contributed by atoms with Gasteiger partial charge in [0.2, 0.25) is 0 Å². The van der Waals surface area contributed by atoms with E-state index in [1.54, 1.807) is 0 Å². The highest BCUT2D eigenvalue weighted by Gasteiger charge is 2.19. The number of rotatable bonds is 4. The van der Waals surface area contributed by atoms with Crippen LogP contribution in [-0.2, 0) is 0 Å². The normalized spacial score (nSPS) is 10.0. The number of ether oxygens (including phenoxy) is 1. The minimum absolute atomic E-state index is 0.198. The van der Waals surface area contributed by atoms with Crippen molar-refractivity contribution < 1.29 is 33.7 Å². The molecule has 0 amide bonds. The number of hydrogen-bond donors (Lipinski definition) is 2. The minimum atomic E-state index is -1.49. The average molecular weight is 304 g/mol. The summed E-state index contributed by atoms with van der Waals surface area (Å²) in [7, 11) is 0. The lowest BCUT2D eigenvalue weighted by Gasteiger charge is -2.07. The molecule has 6 nitrogen and oxygen atoms in total. The van der Waals surface area contributed by atoms with Crippen LogP contribution in [0.2, 0.25) is 0 Å². The molecule has 0 radical (unpaired) electrons. The predicted octanol–water partition coefficient (Wildman–Crippen LogP) is 2.44. The Morgan fingerprint density at radius 1 is 0.864 bits per heavy atom. The summed E-state index contributed by atoms with van der Waals surface area (Å²) in [5.41, 5.74) is -1.30. The molecule has 0 atom stereocenters. The van der Waals surface area contributed by atoms with Crippen LogP contribution in [0, 0.1) is 5.82 Å². The van der Waals surface area contributed by atoms with E-state index < -0.39 is 34.9 Å². The minimum Gasteiger partial charge on any atom is -0.478 e. The zero-order valence-electron chi connectivity index (χ0n) is 10.9. The van der Waals surface area contributed by atoms with Gasteiger partial charge in [-0.2, -0.15) is 0 Å². The molecule has 2 N–H and O–H groups in total. The Labute approximate surface area is 123 Å². The number of carbonyl (C=O) groups excluding carboxylic acids is 1. The van der Waals surface area contributed by atoms with Crippen molar-refractivity contribution >= 4 is 17.9 Å². The first kappa shape index (κ1) is 15.2. The van der Waals surface area contributed by atoms with E-state index in [-0.39, 0.29) is 11.3 Å². The summed E-state index contributed by atoms with van der Waals surface area (Å²) in [6.45, 7) is 0. The van der Waals surface area contributed by atoms with Crippen molar-refractivity contribution in [1.82, 2.24) is 0 Å². The maximum absolute atomic E-state index is 13.4. The van der Waals surface area contributed by atoms with Crippen LogP contribution >= 0.6 is 0 Å². The molecule has 2 aromatic rings. The molecule has 22 heavy (non-hydrogen) atoms. The molecule has 0 saturated carbocycles. The van der Waals surface area contributed by atoms with Crippen LogP contribution in [0.25, 0.3) is 0 Å². The predicted molar refractivity (Wildman–Crippen MR) is 71.7 cm³/mol. The van der Waals surface area contributed by atoms with Crippen molar-refractivity contribution in [2.75, 3.05) is 0 Å². The lowest BCUT2D eigenvalue weighted by atomic mass is 10.1. The molecule has 0 aromatic heterocycles. The van der Waals surface area contributed by atoms with Crippen LogP contribution in [-0.4, -0.2) is 28.1 Å². The van der Waals surface area contributed by atoms with Crippen LogP contribution in [0.1, 0.15) is 31.1 Å². The summed E-state index contributed by atoms with van der Waals surface area (Å²) in [6, 6.07) is 8.13. The summed E-state index contributed by atoms with van der Waals surface area (Å²) in [5, 5.41) is 17.9. The molecule has 0 bridgehead atoms. The van der Waals surface area contributed by atoms with Gasteiger partial charge in [0.25, 0.3) is 0 Å². The van der Waals surface area contributed by atoms with Gasteiger partial charge in [-0.05, 0) is 30.3 Å². The molecule has 2 aromatic carbocycles. The first-order chi connectivity index (χ1) is 10.4. The Bertz CT molecular complexity index is 768. The lowest BCUT2D eigenvalue weighted by molar-refractivity contribution is 0.0649. The zero-order valence-corrected chi connectivity index (χ0v) is 10.9. The van der Waals surface area contributed by atoms with Gasteiger partial charge in [0.05, 0.1) is 16.7 Å². The number of hydrogen-bond acceptors (Lipinski definition) is 4. The molecule has 0 aliphatic rings. The van der Waals surface area contributed by atoms with Crippen LogP contribution in [0.3, 0.4) is 0 Å². The summed E-state index contributed by atoms with van der Waals surface area (Å²) in [6.07, 6.45) is 0. The molecule has 0 spiro atoms. The van der Waals surface area contributed by atoms with Crippen molar-refractivity contribution in [2.24, 2.45) is 0 Å². The summed E-state index contributed by atoms with van der Waals surface area (Å²) < 4.78 is 18.3. The van der Waals surface area contributed by atoms with Crippen molar-refractivity contribution in [3.8, 4) is 5.75 Å². The monoisotopic (exact) mass is 304 g/mol. The number of esters is 1. The maximum Gasteiger partial charge on any atom is 0.346 e. The Morgan fingerprint density at radius 2 is 1.50 bits per heavy atom. The van der Waals surface area contributed by atoms with Crippen LogP contribution in [0.4, 0.5) is 4.39 Å². The molecular weight excluding hydrogens is 295 g/mol. The molecule has 0 fully saturated rings. The summed E-state index contributed by atoms with van der Waals surface area (Å²) >= 11 is 0. The largest absolute Gasteiger partial charge is 0.478 e. The lowest BCUT2D eigenvalue weighted by Crippen LogP contribution is -2.12. The second kappa shape index (κ2) is 6.04. The first-order valence-electron chi connectivity index (χ1n) is 5.97. The molecule has 0 unspecified atom stereocenters. The van der Waals surface area contributed by atoms with Crippen molar-refractivity contribution in [2.45, 2.75) is 0 Å². The Morgan fingerprint density at radius 3 is 2.09 bits per heavy atom. The number of carboxylic acids is 2. The fourth-order valence-corrected chi connectivity index (χ4v) is 1.74. The highest BCUT2D eigenvalue weighted by Crippen LogP contribution is 2.20. The summed E-state index contributed by atoms with van der Waals surface area (Å²) in [4.78, 5) is 33.7. The van der Waals surface area contributed by atoms with Crippen LogP contribution in [0.5, 0.6) is 5.75 Å². The van der Waals surface area contributed by atoms with Gasteiger partial charge in [0, 0.05) is 0 Å². The SMILES string of the molecule is O=C(Oc1ccc(C(=O)O)c(C(=O)O)c1)c1ccccc1F. The highest BCUT2D eigenvalue weighted by atomic mass is 19.1. The number of halogens is 1. The van der Waals surface area contributed by atoms with Gasteiger partial charge < -0.3 is 14.9 Å². The van der Waals surface area contributed by atoms with Gasteiger partial charge >= 0.3 is 17.9 Å². The van der Waals surface area contributed by atoms with E-state index in [0.717, 1.165) is 24.3 Å². The third-order valence-electron chi connectivity index (χ3n) is 2.76. The summed E-state index contributed by atoms with van der Waals surface area (Å²) in [5.74, 6) is -4.91. The van der Waals surface area contributed by atoms with Crippen LogP contribution < -0.4 is 4.74 Å². The fourth-order valence-electron chi connectivity index (χ4n) is 1.74. The molecule has 0 heterocycles. The second-order valence-electron chi connectivity index (χ2n) is 4.19. The van der Waals surface area contributed by atoms with E-state index in [1.807, 2.05) is 0 Å². The molecule has 2 rings (SSSR count). The van der Waals surface area contributed by atoms with E-state index in [1.165, 1.54) is 18.2 Å². The van der Waals surface area contributed by atoms with Gasteiger partial charge in [-0.25, -0.2) is 18.8 Å². The number of benzene rings is 2. The van der Waals surface area contributed by atoms with Gasteiger partial charge in [0.15, 0.2) is 0 Å². The van der Waals surface area contributed by atoms with E-state index in [9.17, 15) is 18.8 Å². The van der Waals surface area contributed by atoms with E-state index in [0.29, 0.717) is 0 Å². The van der Waals surface area contributed by atoms with Crippen molar-refractivity contribution in [3.63, 3.8) is 0 Å². The molecule has 112 valence electrons. The Hall–Kier alpha value is -3.22. The first-order valence-corrected chi connectivity index (χ1v) is 5.97. The van der Waals surface area contributed by atoms with Crippen molar-refractivity contribution in [3.05, 3.63) is 65.0 Å². The smallest absolute Gasteiger partial charge is 0.346 e. The highest BCUT2D eigenvalue weighted by molar-refractivity contribution is 6.02. The fraction of sp³-hybridized carbons (Fsp3) is 0. The molecule has 0 saturated heterocycles. The number of aromatic carboxylic acids is 2. The standard InChI is InChI=1S/C15H9FO6/c16-12-4-2-1-3-10(12)15(21)22-8-5-6-9(13(17)18)11(7-8)14(19)20/h1-7H,(H,17,18)(H,19,20). The third kappa shape index (κ3) is 3.09. The second-order valence-corrected chi connectivity index (χ2v) is 4.19. The maximum atomic E-state index is 13.4. The Kier molecular flexibility index (Phi) is 4.17. The third-order valence-corrected chi connectivity index (χ3v) is 2.76. The van der Waals surface area contributed by atoms with Gasteiger partial charge in [-0.3, -0.25) is 0 Å². The van der Waals surface area contributed by atoms with Gasteiger partial charge in [-0.1, -0.05) is 12.1 Å². The van der Waals surface area contributed by atoms with E-state index in [2.05, 4.69) is 0 Å². The topological polar surface area (TPSA) is 101 Å². The molecule has 0 aliphatic carbocycles. The molecule has 7 heteroatoms. The van der Waals surface area contributed by atoms with Crippen molar-refractivity contribution in [1.29, 1.82) is 0 Å². The number of carbonyl (C=O) groups is 3. The van der Waals surface area contributed by atoms with E-state index in [4.69, 9.17) is 14.9 Å². The zero-order chi connectivity index (χ0) is 16.3. The average Bonchev–Trinajstić information content (AvgIpc) is 2.47. The molecular formula is C15H9FO6. The van der Waals surface area contributed by atoms with E-state index >= 15 is 0 Å². The van der Waals surface area contributed by atoms with Crippen LogP contribution in [0.15, 0.2) is 42.5 Å². The quantitative estimate of drug-likeness (QED) is 0.664. The number of carboxylic acid groups (broad SMARTS) is 2. The molecule has 0 aliphatic heterocycles. The Balaban J connectivity index is 2.33. The van der Waals surface area contributed by atoms with Gasteiger partial charge in [-0.15, -0.1) is 0 Å². The van der Waals surface area contributed by atoms with Gasteiger partial charge in [0.1, 0.15) is 11.6 Å².